The first-order valence-electron chi connectivity index (χ1n) is 8.45. The number of amides is 1. The Kier molecular flexibility index (Phi) is 5.73. The first kappa shape index (κ1) is 18.3. The number of carbonyl (C=O) groups is 1. The summed E-state index contributed by atoms with van der Waals surface area (Å²) >= 11 is 1.28. The Morgan fingerprint density at radius 1 is 1.36 bits per heavy atom. The number of nitrogens with two attached hydrogens (primary N) is 1. The molecule has 1 aromatic carbocycles. The van der Waals surface area contributed by atoms with Crippen molar-refractivity contribution in [2.45, 2.75) is 23.5 Å². The fourth-order valence-corrected chi connectivity index (χ4v) is 5.68. The molecule has 2 aromatic rings. The van der Waals surface area contributed by atoms with Crippen LogP contribution < -0.4 is 10.5 Å². The van der Waals surface area contributed by atoms with Gasteiger partial charge < -0.3 is 10.6 Å². The van der Waals surface area contributed by atoms with Crippen LogP contribution in [0, 0.1) is 5.92 Å². The molecular formula is C17H23N3O3S2. The van der Waals surface area contributed by atoms with Crippen LogP contribution in [-0.2, 0) is 14.8 Å². The molecule has 1 atom stereocenters. The van der Waals surface area contributed by atoms with Gasteiger partial charge in [-0.3, -0.25) is 4.79 Å². The van der Waals surface area contributed by atoms with Crippen LogP contribution in [0.1, 0.15) is 19.3 Å². The van der Waals surface area contributed by atoms with E-state index in [1.807, 2.05) is 24.3 Å². The summed E-state index contributed by atoms with van der Waals surface area (Å²) in [5.74, 6) is -0.320. The van der Waals surface area contributed by atoms with Crippen LogP contribution >= 0.6 is 11.3 Å². The second-order valence-corrected chi connectivity index (χ2v) is 9.47. The molecule has 0 aliphatic carbocycles. The van der Waals surface area contributed by atoms with Crippen molar-refractivity contribution in [3.05, 3.63) is 30.3 Å². The van der Waals surface area contributed by atoms with Crippen LogP contribution in [0.2, 0.25) is 0 Å². The zero-order chi connectivity index (χ0) is 17.9. The smallest absolute Gasteiger partial charge is 0.250 e. The number of carbonyl (C=O) groups excluding carboxylic acids is 1. The summed E-state index contributed by atoms with van der Waals surface area (Å²) in [5, 5.41) is 0.943. The predicted molar refractivity (Wildman–Crippen MR) is 100.0 cm³/mol. The lowest BCUT2D eigenvalue weighted by atomic mass is 9.97. The van der Waals surface area contributed by atoms with Crippen LogP contribution in [-0.4, -0.2) is 45.4 Å². The summed E-state index contributed by atoms with van der Waals surface area (Å²) < 4.78 is 28.8. The van der Waals surface area contributed by atoms with E-state index in [4.69, 9.17) is 5.73 Å². The molecule has 6 nitrogen and oxygen atoms in total. The van der Waals surface area contributed by atoms with Gasteiger partial charge in [0.15, 0.2) is 0 Å². The maximum atomic E-state index is 12.4. The van der Waals surface area contributed by atoms with E-state index in [-0.39, 0.29) is 11.8 Å². The number of nitrogens with zero attached hydrogens (tertiary/aromatic N) is 1. The van der Waals surface area contributed by atoms with Crippen LogP contribution in [0.25, 0.3) is 10.1 Å². The average molecular weight is 382 g/mol. The lowest BCUT2D eigenvalue weighted by Gasteiger charge is -2.31. The fourth-order valence-electron chi connectivity index (χ4n) is 3.16. The number of nitrogens with one attached hydrogen (secondary N) is 1. The summed E-state index contributed by atoms with van der Waals surface area (Å²) in [5.41, 5.74) is 5.38. The summed E-state index contributed by atoms with van der Waals surface area (Å²) in [6, 6.07) is 9.35. The zero-order valence-electron chi connectivity index (χ0n) is 14.0. The molecule has 1 aliphatic heterocycles. The number of hydrogen-bond donors (Lipinski definition) is 2. The molecule has 0 radical (unpaired) electrons. The van der Waals surface area contributed by atoms with E-state index >= 15 is 0 Å². The number of sulfonamides is 1. The molecule has 3 rings (SSSR count). The predicted octanol–water partition coefficient (Wildman–Crippen LogP) is 1.77. The van der Waals surface area contributed by atoms with Crippen molar-refractivity contribution in [1.29, 1.82) is 0 Å². The lowest BCUT2D eigenvalue weighted by molar-refractivity contribution is -0.123. The fraction of sp³-hybridized carbons (Fsp3) is 0.471. The normalized spacial score (nSPS) is 19.3. The van der Waals surface area contributed by atoms with Gasteiger partial charge in [0.25, 0.3) is 0 Å². The third-order valence-corrected chi connectivity index (χ3v) is 7.57. The minimum absolute atomic E-state index is 0.0796. The molecule has 2 heterocycles. The van der Waals surface area contributed by atoms with Gasteiger partial charge in [0.1, 0.15) is 4.21 Å². The highest BCUT2D eigenvalue weighted by atomic mass is 32.2. The standard InChI is InChI=1S/C17H23N3O3S2/c18-17(21)14-6-3-9-20(12-14)10-4-8-19-25(22,23)16-11-13-5-1-2-7-15(13)24-16/h1-2,5,7,11,14,19H,3-4,6,8-10,12H2,(H2,18,21)/t14-/m1/s1. The number of benzene rings is 1. The first-order valence-corrected chi connectivity index (χ1v) is 10.8. The van der Waals surface area contributed by atoms with Crippen molar-refractivity contribution in [2.75, 3.05) is 26.2 Å². The van der Waals surface area contributed by atoms with E-state index in [0.717, 1.165) is 36.0 Å². The Morgan fingerprint density at radius 3 is 2.92 bits per heavy atom. The minimum atomic E-state index is -3.47. The number of piperidine rings is 1. The van der Waals surface area contributed by atoms with Gasteiger partial charge in [0, 0.05) is 17.8 Å². The van der Waals surface area contributed by atoms with Crippen molar-refractivity contribution in [2.24, 2.45) is 11.7 Å². The molecule has 0 unspecified atom stereocenters. The van der Waals surface area contributed by atoms with E-state index in [1.54, 1.807) is 6.07 Å². The van der Waals surface area contributed by atoms with Gasteiger partial charge in [0.05, 0.1) is 5.92 Å². The number of hydrogen-bond acceptors (Lipinski definition) is 5. The second kappa shape index (κ2) is 7.82. The topological polar surface area (TPSA) is 92.5 Å². The summed E-state index contributed by atoms with van der Waals surface area (Å²) in [6.07, 6.45) is 2.52. The van der Waals surface area contributed by atoms with E-state index < -0.39 is 10.0 Å². The zero-order valence-corrected chi connectivity index (χ0v) is 15.6. The maximum absolute atomic E-state index is 12.4. The van der Waals surface area contributed by atoms with Crippen LogP contribution in [0.5, 0.6) is 0 Å². The molecule has 3 N–H and O–H groups in total. The van der Waals surface area contributed by atoms with Crippen molar-refractivity contribution in [3.63, 3.8) is 0 Å². The Labute approximate surface area is 152 Å². The molecule has 136 valence electrons. The Hall–Kier alpha value is -1.48. The Bertz CT molecular complexity index is 815. The average Bonchev–Trinajstić information content (AvgIpc) is 3.04. The summed E-state index contributed by atoms with van der Waals surface area (Å²) in [6.45, 7) is 2.76. The molecule has 1 fully saturated rings. The monoisotopic (exact) mass is 381 g/mol. The van der Waals surface area contributed by atoms with Gasteiger partial charge in [-0.25, -0.2) is 13.1 Å². The lowest BCUT2D eigenvalue weighted by Crippen LogP contribution is -2.42. The SMILES string of the molecule is NC(=O)[C@@H]1CCCN(CCCNS(=O)(=O)c2cc3ccccc3s2)C1. The number of rotatable bonds is 7. The van der Waals surface area contributed by atoms with Crippen LogP contribution in [0.4, 0.5) is 0 Å². The molecule has 1 amide bonds. The molecule has 8 heteroatoms. The van der Waals surface area contributed by atoms with E-state index in [9.17, 15) is 13.2 Å². The number of likely N-dealkylation sites (tertiary alicyclic amines) is 1. The van der Waals surface area contributed by atoms with E-state index in [2.05, 4.69) is 9.62 Å². The van der Waals surface area contributed by atoms with E-state index in [1.165, 1.54) is 11.3 Å². The molecular weight excluding hydrogens is 358 g/mol. The third-order valence-electron chi connectivity index (χ3n) is 4.52. The molecule has 25 heavy (non-hydrogen) atoms. The minimum Gasteiger partial charge on any atom is -0.369 e. The number of fused-ring (bicyclic) bond motifs is 1. The largest absolute Gasteiger partial charge is 0.369 e. The molecule has 1 aromatic heterocycles. The quantitative estimate of drug-likeness (QED) is 0.715. The number of primary amides is 1. The summed E-state index contributed by atoms with van der Waals surface area (Å²) in [7, 11) is -3.47. The van der Waals surface area contributed by atoms with Crippen LogP contribution in [0.3, 0.4) is 0 Å². The molecule has 0 spiro atoms. The molecule has 1 aliphatic rings. The van der Waals surface area contributed by atoms with Gasteiger partial charge in [0.2, 0.25) is 15.9 Å². The van der Waals surface area contributed by atoms with Crippen molar-refractivity contribution >= 4 is 37.4 Å². The maximum Gasteiger partial charge on any atom is 0.250 e. The molecule has 0 bridgehead atoms. The molecule has 0 saturated carbocycles. The Morgan fingerprint density at radius 2 is 2.16 bits per heavy atom. The number of thiophene rings is 1. The molecule has 1 saturated heterocycles. The van der Waals surface area contributed by atoms with Gasteiger partial charge in [-0.15, -0.1) is 11.3 Å². The third kappa shape index (κ3) is 4.58. The van der Waals surface area contributed by atoms with Gasteiger partial charge >= 0.3 is 0 Å². The van der Waals surface area contributed by atoms with Crippen molar-refractivity contribution in [3.8, 4) is 0 Å². The van der Waals surface area contributed by atoms with Crippen LogP contribution in [0.15, 0.2) is 34.5 Å². The summed E-state index contributed by atoms with van der Waals surface area (Å²) in [4.78, 5) is 13.5. The van der Waals surface area contributed by atoms with Gasteiger partial charge in [-0.05, 0) is 49.9 Å². The highest BCUT2D eigenvalue weighted by molar-refractivity contribution is 7.91. The van der Waals surface area contributed by atoms with E-state index in [0.29, 0.717) is 23.7 Å². The highest BCUT2D eigenvalue weighted by Gasteiger charge is 2.23. The Balaban J connectivity index is 1.50. The highest BCUT2D eigenvalue weighted by Crippen LogP contribution is 2.28. The van der Waals surface area contributed by atoms with Crippen molar-refractivity contribution in [1.82, 2.24) is 9.62 Å². The van der Waals surface area contributed by atoms with Gasteiger partial charge in [-0.1, -0.05) is 18.2 Å². The second-order valence-electron chi connectivity index (χ2n) is 6.40. The first-order chi connectivity index (χ1) is 12.0. The van der Waals surface area contributed by atoms with Crippen molar-refractivity contribution < 1.29 is 13.2 Å². The van der Waals surface area contributed by atoms with Gasteiger partial charge in [-0.2, -0.15) is 0 Å².